The lowest BCUT2D eigenvalue weighted by atomic mass is 9.90. The van der Waals surface area contributed by atoms with Crippen LogP contribution in [0.25, 0.3) is 0 Å². The van der Waals surface area contributed by atoms with Gasteiger partial charge in [0.1, 0.15) is 17.2 Å². The molecule has 2 bridgehead atoms. The van der Waals surface area contributed by atoms with E-state index in [-0.39, 0.29) is 12.1 Å². The lowest BCUT2D eigenvalue weighted by Gasteiger charge is -2.50. The van der Waals surface area contributed by atoms with Crippen LogP contribution in [0.15, 0.2) is 36.4 Å². The van der Waals surface area contributed by atoms with Crippen molar-refractivity contribution < 1.29 is 19.0 Å². The molecule has 2 amide bonds. The Kier molecular flexibility index (Phi) is 3.88. The number of benzene rings is 2. The Morgan fingerprint density at radius 2 is 2.04 bits per heavy atom. The first-order chi connectivity index (χ1) is 12.4. The third-order valence-electron chi connectivity index (χ3n) is 4.86. The van der Waals surface area contributed by atoms with Crippen molar-refractivity contribution in [2.24, 2.45) is 0 Å². The fraction of sp³-hybridized carbons (Fsp3) is 0.316. The summed E-state index contributed by atoms with van der Waals surface area (Å²) in [6.07, 6.45) is 0.585. The highest BCUT2D eigenvalue weighted by Crippen LogP contribution is 2.48. The van der Waals surface area contributed by atoms with Gasteiger partial charge in [0.25, 0.3) is 0 Å². The number of hydrogen-bond donors (Lipinski definition) is 1. The molecule has 2 aliphatic heterocycles. The number of ether oxygens (including phenoxy) is 3. The maximum Gasteiger partial charge on any atom is 0.325 e. The van der Waals surface area contributed by atoms with E-state index in [0.29, 0.717) is 34.4 Å². The highest BCUT2D eigenvalue weighted by Gasteiger charge is 2.50. The molecule has 1 fully saturated rings. The lowest BCUT2D eigenvalue weighted by molar-refractivity contribution is 0.0375. The second-order valence-corrected chi connectivity index (χ2v) is 6.98. The summed E-state index contributed by atoms with van der Waals surface area (Å²) >= 11 is 6.11. The second-order valence-electron chi connectivity index (χ2n) is 6.54. The number of urea groups is 1. The maximum absolute atomic E-state index is 12.9. The van der Waals surface area contributed by atoms with Crippen LogP contribution in [-0.4, -0.2) is 26.0 Å². The molecule has 2 heterocycles. The maximum atomic E-state index is 12.9. The van der Waals surface area contributed by atoms with Crippen LogP contribution < -0.4 is 24.4 Å². The molecular weight excluding hydrogens is 356 g/mol. The van der Waals surface area contributed by atoms with E-state index >= 15 is 0 Å². The van der Waals surface area contributed by atoms with Crippen molar-refractivity contribution in [3.63, 3.8) is 0 Å². The predicted molar refractivity (Wildman–Crippen MR) is 98.4 cm³/mol. The van der Waals surface area contributed by atoms with E-state index in [1.807, 2.05) is 19.1 Å². The predicted octanol–water partition coefficient (Wildman–Crippen LogP) is 4.13. The number of fused-ring (bicyclic) bond motifs is 4. The van der Waals surface area contributed by atoms with Gasteiger partial charge in [-0.05, 0) is 37.3 Å². The van der Waals surface area contributed by atoms with Crippen LogP contribution in [-0.2, 0) is 0 Å². The Balaban J connectivity index is 1.80. The molecular formula is C19H19ClN2O4. The molecule has 1 N–H and O–H groups in total. The van der Waals surface area contributed by atoms with Crippen molar-refractivity contribution in [1.82, 2.24) is 5.32 Å². The summed E-state index contributed by atoms with van der Waals surface area (Å²) in [4.78, 5) is 14.5. The number of anilines is 1. The van der Waals surface area contributed by atoms with Crippen LogP contribution in [0.4, 0.5) is 10.5 Å². The van der Waals surface area contributed by atoms with E-state index in [0.717, 1.165) is 5.56 Å². The Labute approximate surface area is 156 Å². The van der Waals surface area contributed by atoms with Crippen molar-refractivity contribution in [1.29, 1.82) is 0 Å². The van der Waals surface area contributed by atoms with Crippen LogP contribution in [0.2, 0.25) is 5.02 Å². The monoisotopic (exact) mass is 374 g/mol. The van der Waals surface area contributed by atoms with Crippen molar-refractivity contribution in [2.45, 2.75) is 25.1 Å². The molecule has 2 aliphatic rings. The van der Waals surface area contributed by atoms with Crippen LogP contribution in [0, 0.1) is 0 Å². The Morgan fingerprint density at radius 3 is 2.77 bits per heavy atom. The van der Waals surface area contributed by atoms with Crippen LogP contribution in [0.5, 0.6) is 17.2 Å². The molecule has 2 atom stereocenters. The zero-order valence-electron chi connectivity index (χ0n) is 14.7. The molecule has 0 radical (unpaired) electrons. The van der Waals surface area contributed by atoms with Gasteiger partial charge in [-0.1, -0.05) is 11.6 Å². The molecule has 0 spiro atoms. The third kappa shape index (κ3) is 2.52. The Hall–Kier alpha value is -2.60. The third-order valence-corrected chi connectivity index (χ3v) is 5.10. The zero-order valence-corrected chi connectivity index (χ0v) is 15.5. The van der Waals surface area contributed by atoms with Crippen molar-refractivity contribution in [2.75, 3.05) is 19.1 Å². The number of methoxy groups -OCH3 is 2. The molecule has 136 valence electrons. The van der Waals surface area contributed by atoms with E-state index in [4.69, 9.17) is 25.8 Å². The second kappa shape index (κ2) is 5.99. The minimum absolute atomic E-state index is 0.157. The molecule has 0 aliphatic carbocycles. The van der Waals surface area contributed by atoms with Gasteiger partial charge in [0.2, 0.25) is 0 Å². The van der Waals surface area contributed by atoms with Gasteiger partial charge in [-0.2, -0.15) is 0 Å². The number of amides is 2. The summed E-state index contributed by atoms with van der Waals surface area (Å²) in [5, 5.41) is 3.66. The quantitative estimate of drug-likeness (QED) is 0.877. The summed E-state index contributed by atoms with van der Waals surface area (Å²) in [5.74, 6) is 1.89. The molecule has 7 heteroatoms. The van der Waals surface area contributed by atoms with Crippen LogP contribution >= 0.6 is 11.6 Å². The topological polar surface area (TPSA) is 60.0 Å². The molecule has 1 saturated heterocycles. The number of halogens is 1. The fourth-order valence-corrected chi connectivity index (χ4v) is 3.86. The van der Waals surface area contributed by atoms with Gasteiger partial charge in [-0.15, -0.1) is 0 Å². The van der Waals surface area contributed by atoms with E-state index in [1.54, 1.807) is 43.4 Å². The number of carbonyl (C=O) groups is 1. The number of rotatable bonds is 3. The number of hydrogen-bond acceptors (Lipinski definition) is 4. The summed E-state index contributed by atoms with van der Waals surface area (Å²) in [7, 11) is 3.14. The average molecular weight is 375 g/mol. The molecule has 2 aromatic carbocycles. The normalized spacial score (nSPS) is 23.6. The number of nitrogens with zero attached hydrogens (tertiary/aromatic N) is 1. The van der Waals surface area contributed by atoms with E-state index < -0.39 is 5.72 Å². The first-order valence-electron chi connectivity index (χ1n) is 8.26. The zero-order chi connectivity index (χ0) is 18.5. The van der Waals surface area contributed by atoms with Crippen molar-refractivity contribution >= 4 is 23.3 Å². The van der Waals surface area contributed by atoms with Gasteiger partial charge >= 0.3 is 6.03 Å². The fourth-order valence-electron chi connectivity index (χ4n) is 3.68. The molecule has 0 saturated carbocycles. The number of carbonyl (C=O) groups excluding carboxylic acids is 1. The van der Waals surface area contributed by atoms with Gasteiger partial charge in [-0.3, -0.25) is 4.90 Å². The summed E-state index contributed by atoms with van der Waals surface area (Å²) in [6.45, 7) is 1.90. The highest BCUT2D eigenvalue weighted by molar-refractivity contribution is 6.30. The molecule has 26 heavy (non-hydrogen) atoms. The van der Waals surface area contributed by atoms with E-state index in [9.17, 15) is 4.79 Å². The smallest absolute Gasteiger partial charge is 0.325 e. The summed E-state index contributed by atoms with van der Waals surface area (Å²) < 4.78 is 17.0. The number of nitrogens with one attached hydrogen (secondary N) is 1. The first-order valence-corrected chi connectivity index (χ1v) is 8.64. The van der Waals surface area contributed by atoms with Crippen molar-refractivity contribution in [3.05, 3.63) is 47.0 Å². The van der Waals surface area contributed by atoms with Gasteiger partial charge < -0.3 is 19.5 Å². The molecule has 4 rings (SSSR count). The lowest BCUT2D eigenvalue weighted by Crippen LogP contribution is -2.65. The van der Waals surface area contributed by atoms with Crippen molar-refractivity contribution in [3.8, 4) is 17.2 Å². The van der Waals surface area contributed by atoms with E-state index in [1.165, 1.54) is 0 Å². The van der Waals surface area contributed by atoms with Gasteiger partial charge in [0.15, 0.2) is 5.72 Å². The average Bonchev–Trinajstić information content (AvgIpc) is 2.62. The van der Waals surface area contributed by atoms with E-state index in [2.05, 4.69) is 5.32 Å². The largest absolute Gasteiger partial charge is 0.497 e. The minimum Gasteiger partial charge on any atom is -0.497 e. The minimum atomic E-state index is -0.851. The van der Waals surface area contributed by atoms with Gasteiger partial charge in [0.05, 0.1) is 25.9 Å². The summed E-state index contributed by atoms with van der Waals surface area (Å²) in [5.41, 5.74) is 0.657. The molecule has 0 aromatic heterocycles. The molecule has 1 unspecified atom stereocenters. The highest BCUT2D eigenvalue weighted by atomic mass is 35.5. The van der Waals surface area contributed by atoms with Crippen LogP contribution in [0.1, 0.15) is 24.9 Å². The van der Waals surface area contributed by atoms with Gasteiger partial charge in [-0.25, -0.2) is 4.79 Å². The summed E-state index contributed by atoms with van der Waals surface area (Å²) in [6, 6.07) is 10.4. The first kappa shape index (κ1) is 16.8. The van der Waals surface area contributed by atoms with Gasteiger partial charge in [0, 0.05) is 23.1 Å². The standard InChI is InChI=1S/C19H19ClN2O4/c1-19-10-14(13-8-11(20)4-7-16(13)26-19)21-18(23)22(19)15-6-5-12(24-2)9-17(15)25-3/h4-9,14H,10H2,1-3H3,(H,21,23)/t14?,19-/m0/s1. The molecule has 6 nitrogen and oxygen atoms in total. The SMILES string of the molecule is COc1ccc(N2C(=O)NC3C[C@]2(C)Oc2ccc(Cl)cc23)c(OC)c1. The Morgan fingerprint density at radius 1 is 1.23 bits per heavy atom. The van der Waals surface area contributed by atoms with Crippen LogP contribution in [0.3, 0.4) is 0 Å². The molecule has 2 aromatic rings. The Bertz CT molecular complexity index is 888.